The topological polar surface area (TPSA) is 28.4 Å². The number of nitrogens with zero attached hydrogens (tertiary/aromatic N) is 2. The van der Waals surface area contributed by atoms with E-state index in [-0.39, 0.29) is 6.10 Å². The van der Waals surface area contributed by atoms with Crippen LogP contribution in [0.15, 0.2) is 42.5 Å². The molecule has 0 amide bonds. The molecule has 1 aliphatic heterocycles. The molecule has 0 radical (unpaired) electrons. The molecule has 1 N–H and O–H groups in total. The Hall–Kier alpha value is -1.11. The van der Waals surface area contributed by atoms with E-state index in [4.69, 9.17) is 0 Å². The Balaban J connectivity index is 1.40. The molecule has 1 saturated carbocycles. The third-order valence-corrected chi connectivity index (χ3v) is 8.94. The van der Waals surface area contributed by atoms with Gasteiger partial charge in [0, 0.05) is 45.0 Å². The van der Waals surface area contributed by atoms with Gasteiger partial charge in [0.1, 0.15) is 0 Å². The molecule has 5 rings (SSSR count). The monoisotopic (exact) mass is 502 g/mol. The van der Waals surface area contributed by atoms with Gasteiger partial charge in [-0.15, -0.1) is 0 Å². The lowest BCUT2D eigenvalue weighted by atomic mass is 9.63. The van der Waals surface area contributed by atoms with Crippen molar-refractivity contribution in [3.63, 3.8) is 0 Å². The summed E-state index contributed by atoms with van der Waals surface area (Å²) in [5, 5.41) is 13.6. The van der Waals surface area contributed by atoms with Crippen LogP contribution in [0.5, 0.6) is 0 Å². The van der Waals surface area contributed by atoms with E-state index in [1.807, 2.05) is 0 Å². The van der Waals surface area contributed by atoms with Crippen molar-refractivity contribution in [2.24, 2.45) is 16.7 Å². The fourth-order valence-corrected chi connectivity index (χ4v) is 6.56. The van der Waals surface area contributed by atoms with E-state index in [1.165, 1.54) is 38.2 Å². The zero-order valence-electron chi connectivity index (χ0n) is 17.7. The minimum Gasteiger partial charge on any atom is -0.390 e. The van der Waals surface area contributed by atoms with Gasteiger partial charge in [-0.3, -0.25) is 4.90 Å². The first-order valence-corrected chi connectivity index (χ1v) is 11.9. The lowest BCUT2D eigenvalue weighted by molar-refractivity contribution is -0.0345. The first-order chi connectivity index (χ1) is 13.8. The SMILES string of the molecule is CC1(C)[C@@H]2CC[C@@]1(C)CN(C[C@H](O)Cn1c3ccccc3c3cc(I)ccc31)C2. The van der Waals surface area contributed by atoms with Gasteiger partial charge in [0.15, 0.2) is 0 Å². The van der Waals surface area contributed by atoms with E-state index in [0.717, 1.165) is 25.6 Å². The van der Waals surface area contributed by atoms with Crippen LogP contribution in [0.3, 0.4) is 0 Å². The Bertz CT molecular complexity index is 1070. The van der Waals surface area contributed by atoms with Crippen molar-refractivity contribution >= 4 is 44.4 Å². The Morgan fingerprint density at radius 2 is 1.83 bits per heavy atom. The molecule has 1 aliphatic carbocycles. The summed E-state index contributed by atoms with van der Waals surface area (Å²) in [5.74, 6) is 0.753. The highest BCUT2D eigenvalue weighted by Gasteiger charge is 2.55. The Morgan fingerprint density at radius 1 is 1.07 bits per heavy atom. The number of fused-ring (bicyclic) bond motifs is 5. The van der Waals surface area contributed by atoms with Crippen molar-refractivity contribution in [2.45, 2.75) is 46.3 Å². The third kappa shape index (κ3) is 3.14. The highest BCUT2D eigenvalue weighted by molar-refractivity contribution is 14.1. The van der Waals surface area contributed by atoms with E-state index in [0.29, 0.717) is 17.4 Å². The van der Waals surface area contributed by atoms with Gasteiger partial charge in [0.2, 0.25) is 0 Å². The van der Waals surface area contributed by atoms with Gasteiger partial charge < -0.3 is 9.67 Å². The summed E-state index contributed by atoms with van der Waals surface area (Å²) >= 11 is 2.38. The molecule has 2 fully saturated rings. The number of piperidine rings is 1. The molecule has 2 aliphatic rings. The molecule has 3 atom stereocenters. The maximum absolute atomic E-state index is 11.1. The molecular formula is C25H31IN2O. The number of hydrogen-bond donors (Lipinski definition) is 1. The number of likely N-dealkylation sites (tertiary alicyclic amines) is 1. The second-order valence-electron chi connectivity index (χ2n) is 10.2. The van der Waals surface area contributed by atoms with Crippen LogP contribution in [-0.2, 0) is 6.54 Å². The standard InChI is InChI=1S/C25H31IN2O/c1-24(2)17-10-11-25(24,3)16-27(13-17)14-19(29)15-28-22-7-5-4-6-20(22)21-12-18(26)8-9-23(21)28/h4-9,12,17,19,29H,10-11,13-16H2,1-3H3/t17-,19+,25+/m1/s1. The number of para-hydroxylation sites is 1. The van der Waals surface area contributed by atoms with E-state index < -0.39 is 0 Å². The Labute approximate surface area is 187 Å². The largest absolute Gasteiger partial charge is 0.390 e. The summed E-state index contributed by atoms with van der Waals surface area (Å²) < 4.78 is 3.56. The lowest BCUT2D eigenvalue weighted by Gasteiger charge is -2.50. The highest BCUT2D eigenvalue weighted by atomic mass is 127. The van der Waals surface area contributed by atoms with Crippen molar-refractivity contribution in [1.82, 2.24) is 9.47 Å². The molecule has 2 aromatic carbocycles. The van der Waals surface area contributed by atoms with Gasteiger partial charge in [-0.1, -0.05) is 39.0 Å². The molecule has 0 unspecified atom stereocenters. The number of hydrogen-bond acceptors (Lipinski definition) is 2. The van der Waals surface area contributed by atoms with E-state index in [2.05, 4.69) is 95.3 Å². The number of aromatic nitrogens is 1. The van der Waals surface area contributed by atoms with Crippen molar-refractivity contribution in [3.05, 3.63) is 46.0 Å². The summed E-state index contributed by atoms with van der Waals surface area (Å²) in [6, 6.07) is 15.2. The van der Waals surface area contributed by atoms with Gasteiger partial charge in [0.05, 0.1) is 12.6 Å². The molecule has 29 heavy (non-hydrogen) atoms. The Kier molecular flexibility index (Phi) is 4.76. The second-order valence-corrected chi connectivity index (χ2v) is 11.4. The molecule has 4 heteroatoms. The number of β-amino-alcohol motifs (C(OH)–C–C–N with tert-alkyl or cyclic N) is 1. The smallest absolute Gasteiger partial charge is 0.0845 e. The molecular weight excluding hydrogens is 471 g/mol. The van der Waals surface area contributed by atoms with Crippen molar-refractivity contribution in [2.75, 3.05) is 19.6 Å². The average molecular weight is 502 g/mol. The number of aliphatic hydroxyl groups excluding tert-OH is 1. The maximum atomic E-state index is 11.1. The van der Waals surface area contributed by atoms with Crippen LogP contribution in [0.4, 0.5) is 0 Å². The van der Waals surface area contributed by atoms with Crippen LogP contribution in [0.1, 0.15) is 33.6 Å². The molecule has 3 aromatic rings. The fraction of sp³-hybridized carbons (Fsp3) is 0.520. The molecule has 2 bridgehead atoms. The molecule has 3 nitrogen and oxygen atoms in total. The van der Waals surface area contributed by atoms with Gasteiger partial charge >= 0.3 is 0 Å². The summed E-state index contributed by atoms with van der Waals surface area (Å²) in [7, 11) is 0. The van der Waals surface area contributed by atoms with Crippen LogP contribution in [-0.4, -0.2) is 40.3 Å². The van der Waals surface area contributed by atoms with Gasteiger partial charge in [-0.05, 0) is 76.4 Å². The average Bonchev–Trinajstić information content (AvgIpc) is 2.98. The highest BCUT2D eigenvalue weighted by Crippen LogP contribution is 2.58. The van der Waals surface area contributed by atoms with E-state index in [9.17, 15) is 5.11 Å². The first-order valence-electron chi connectivity index (χ1n) is 10.9. The summed E-state index contributed by atoms with van der Waals surface area (Å²) in [5.41, 5.74) is 3.23. The quantitative estimate of drug-likeness (QED) is 0.476. The number of benzene rings is 2. The second kappa shape index (κ2) is 6.96. The van der Waals surface area contributed by atoms with E-state index in [1.54, 1.807) is 0 Å². The molecule has 0 spiro atoms. The number of aliphatic hydroxyl groups is 1. The minimum absolute atomic E-state index is 0.363. The van der Waals surface area contributed by atoms with Crippen molar-refractivity contribution in [3.8, 4) is 0 Å². The predicted molar refractivity (Wildman–Crippen MR) is 129 cm³/mol. The van der Waals surface area contributed by atoms with Crippen LogP contribution < -0.4 is 0 Å². The summed E-state index contributed by atoms with van der Waals surface area (Å²) in [6.07, 6.45) is 2.29. The van der Waals surface area contributed by atoms with Crippen LogP contribution in [0, 0.1) is 20.3 Å². The van der Waals surface area contributed by atoms with Gasteiger partial charge in [-0.2, -0.15) is 0 Å². The van der Waals surface area contributed by atoms with E-state index >= 15 is 0 Å². The zero-order chi connectivity index (χ0) is 20.4. The van der Waals surface area contributed by atoms with Crippen molar-refractivity contribution < 1.29 is 5.11 Å². The fourth-order valence-electron chi connectivity index (χ4n) is 6.07. The Morgan fingerprint density at radius 3 is 2.62 bits per heavy atom. The van der Waals surface area contributed by atoms with Crippen LogP contribution in [0.2, 0.25) is 0 Å². The van der Waals surface area contributed by atoms with Crippen molar-refractivity contribution in [1.29, 1.82) is 0 Å². The van der Waals surface area contributed by atoms with Crippen LogP contribution in [0.25, 0.3) is 21.8 Å². The normalized spacial score (nSPS) is 27.7. The summed E-state index contributed by atoms with van der Waals surface area (Å²) in [4.78, 5) is 2.53. The predicted octanol–water partition coefficient (Wildman–Crippen LogP) is 5.52. The van der Waals surface area contributed by atoms with Crippen LogP contribution >= 0.6 is 22.6 Å². The maximum Gasteiger partial charge on any atom is 0.0845 e. The van der Waals surface area contributed by atoms with Gasteiger partial charge in [0.25, 0.3) is 0 Å². The number of halogens is 1. The number of rotatable bonds is 4. The zero-order valence-corrected chi connectivity index (χ0v) is 19.8. The molecule has 2 heterocycles. The first kappa shape index (κ1) is 19.8. The summed E-state index contributed by atoms with van der Waals surface area (Å²) in [6.45, 7) is 11.0. The van der Waals surface area contributed by atoms with Gasteiger partial charge in [-0.25, -0.2) is 0 Å². The molecule has 154 valence electrons. The third-order valence-electron chi connectivity index (χ3n) is 8.27. The lowest BCUT2D eigenvalue weighted by Crippen LogP contribution is -2.53. The molecule has 1 aromatic heterocycles. The minimum atomic E-state index is -0.363. The molecule has 1 saturated heterocycles.